The third-order valence-corrected chi connectivity index (χ3v) is 1.83. The zero-order valence-corrected chi connectivity index (χ0v) is 8.72. The van der Waals surface area contributed by atoms with Gasteiger partial charge in [0, 0.05) is 5.69 Å². The van der Waals surface area contributed by atoms with Crippen LogP contribution in [0.1, 0.15) is 5.56 Å². The quantitative estimate of drug-likeness (QED) is 0.508. The minimum Gasteiger partial charge on any atom is -0.508 e. The van der Waals surface area contributed by atoms with Crippen molar-refractivity contribution < 1.29 is 5.11 Å². The van der Waals surface area contributed by atoms with Gasteiger partial charge in [0.2, 0.25) is 0 Å². The predicted octanol–water partition coefficient (Wildman–Crippen LogP) is 2.97. The van der Waals surface area contributed by atoms with E-state index in [1.54, 1.807) is 24.3 Å². The summed E-state index contributed by atoms with van der Waals surface area (Å²) in [5.74, 6) is 0.249. The van der Waals surface area contributed by atoms with Crippen molar-refractivity contribution in [3.8, 4) is 5.75 Å². The van der Waals surface area contributed by atoms with Crippen molar-refractivity contribution in [1.82, 2.24) is 0 Å². The van der Waals surface area contributed by atoms with E-state index in [1.807, 2.05) is 18.2 Å². The van der Waals surface area contributed by atoms with E-state index in [1.165, 1.54) is 5.56 Å². The molecule has 0 heterocycles. The molecular weight excluding hydrogens is 186 g/mol. The smallest absolute Gasteiger partial charge is 0.115 e. The lowest BCUT2D eigenvalue weighted by Crippen LogP contribution is -1.80. The van der Waals surface area contributed by atoms with Crippen LogP contribution < -0.4 is 5.73 Å². The number of anilines is 1. The van der Waals surface area contributed by atoms with Crippen molar-refractivity contribution >= 4 is 5.69 Å². The van der Waals surface area contributed by atoms with Crippen LogP contribution >= 0.6 is 0 Å². The minimum atomic E-state index is 0.249. The summed E-state index contributed by atoms with van der Waals surface area (Å²) in [5, 5.41) is 8.70. The third-order valence-electron chi connectivity index (χ3n) is 1.83. The first-order chi connectivity index (χ1) is 7.18. The van der Waals surface area contributed by atoms with Crippen LogP contribution in [0, 0.1) is 6.92 Å². The molecule has 0 spiro atoms. The number of aryl methyl sites for hydroxylation is 1. The highest BCUT2D eigenvalue weighted by molar-refractivity contribution is 5.40. The van der Waals surface area contributed by atoms with Crippen LogP contribution in [0.2, 0.25) is 0 Å². The van der Waals surface area contributed by atoms with Crippen LogP contribution in [0.5, 0.6) is 5.75 Å². The average Bonchev–Trinajstić information content (AvgIpc) is 2.25. The summed E-state index contributed by atoms with van der Waals surface area (Å²) < 4.78 is 0. The molecule has 2 nitrogen and oxygen atoms in total. The van der Waals surface area contributed by atoms with Gasteiger partial charge in [-0.1, -0.05) is 35.9 Å². The second-order valence-electron chi connectivity index (χ2n) is 3.25. The van der Waals surface area contributed by atoms with E-state index in [4.69, 9.17) is 10.8 Å². The van der Waals surface area contributed by atoms with E-state index in [0.717, 1.165) is 0 Å². The second kappa shape index (κ2) is 5.70. The fourth-order valence-corrected chi connectivity index (χ4v) is 1.01. The molecule has 0 aliphatic rings. The summed E-state index contributed by atoms with van der Waals surface area (Å²) >= 11 is 0. The molecule has 0 aliphatic carbocycles. The Morgan fingerprint density at radius 3 is 1.73 bits per heavy atom. The Morgan fingerprint density at radius 2 is 1.40 bits per heavy atom. The normalized spacial score (nSPS) is 8.87. The Labute approximate surface area is 90.0 Å². The monoisotopic (exact) mass is 201 g/mol. The second-order valence-corrected chi connectivity index (χ2v) is 3.25. The Bertz CT molecular complexity index is 360. The lowest BCUT2D eigenvalue weighted by molar-refractivity contribution is 0.475. The van der Waals surface area contributed by atoms with Gasteiger partial charge in [0.15, 0.2) is 0 Å². The first-order valence-electron chi connectivity index (χ1n) is 4.74. The SMILES string of the molecule is Cc1ccccc1.Nc1ccc(O)cc1. The number of aromatic hydroxyl groups is 1. The highest BCUT2D eigenvalue weighted by Gasteiger charge is 1.82. The largest absolute Gasteiger partial charge is 0.508 e. The maximum atomic E-state index is 8.70. The molecule has 0 bridgehead atoms. The van der Waals surface area contributed by atoms with Gasteiger partial charge < -0.3 is 10.8 Å². The molecule has 2 heteroatoms. The molecule has 0 radical (unpaired) electrons. The number of benzene rings is 2. The molecule has 0 unspecified atom stereocenters. The molecule has 0 amide bonds. The van der Waals surface area contributed by atoms with Gasteiger partial charge in [0.1, 0.15) is 5.75 Å². The van der Waals surface area contributed by atoms with Gasteiger partial charge in [-0.3, -0.25) is 0 Å². The maximum Gasteiger partial charge on any atom is 0.115 e. The first-order valence-corrected chi connectivity index (χ1v) is 4.74. The molecule has 0 aliphatic heterocycles. The summed E-state index contributed by atoms with van der Waals surface area (Å²) in [6.45, 7) is 2.08. The molecule has 3 N–H and O–H groups in total. The summed E-state index contributed by atoms with van der Waals surface area (Å²) in [4.78, 5) is 0. The van der Waals surface area contributed by atoms with Crippen molar-refractivity contribution in [2.45, 2.75) is 6.92 Å². The Balaban J connectivity index is 0.000000151. The molecule has 0 saturated carbocycles. The van der Waals surface area contributed by atoms with Gasteiger partial charge in [-0.25, -0.2) is 0 Å². The van der Waals surface area contributed by atoms with Gasteiger partial charge in [-0.15, -0.1) is 0 Å². The number of hydrogen-bond acceptors (Lipinski definition) is 2. The Kier molecular flexibility index (Phi) is 4.23. The zero-order chi connectivity index (χ0) is 11.1. The van der Waals surface area contributed by atoms with Crippen LogP contribution in [-0.2, 0) is 0 Å². The lowest BCUT2D eigenvalue weighted by Gasteiger charge is -1.89. The highest BCUT2D eigenvalue weighted by atomic mass is 16.3. The highest BCUT2D eigenvalue weighted by Crippen LogP contribution is 2.09. The Morgan fingerprint density at radius 1 is 0.867 bits per heavy atom. The summed E-state index contributed by atoms with van der Waals surface area (Å²) in [6.07, 6.45) is 0. The molecule has 78 valence electrons. The van der Waals surface area contributed by atoms with Crippen molar-refractivity contribution in [1.29, 1.82) is 0 Å². The number of rotatable bonds is 0. The zero-order valence-electron chi connectivity index (χ0n) is 8.72. The van der Waals surface area contributed by atoms with Crippen LogP contribution in [-0.4, -0.2) is 5.11 Å². The molecule has 15 heavy (non-hydrogen) atoms. The van der Waals surface area contributed by atoms with Crippen molar-refractivity contribution in [2.24, 2.45) is 0 Å². The van der Waals surface area contributed by atoms with Crippen LogP contribution in [0.3, 0.4) is 0 Å². The number of phenolic OH excluding ortho intramolecular Hbond substituents is 1. The van der Waals surface area contributed by atoms with Crippen LogP contribution in [0.4, 0.5) is 5.69 Å². The fourth-order valence-electron chi connectivity index (χ4n) is 1.01. The van der Waals surface area contributed by atoms with E-state index in [-0.39, 0.29) is 5.75 Å². The van der Waals surface area contributed by atoms with Gasteiger partial charge in [-0.05, 0) is 31.2 Å². The minimum absolute atomic E-state index is 0.249. The van der Waals surface area contributed by atoms with Crippen molar-refractivity contribution in [3.05, 3.63) is 60.2 Å². The Hall–Kier alpha value is -1.96. The van der Waals surface area contributed by atoms with Crippen molar-refractivity contribution in [2.75, 3.05) is 5.73 Å². The van der Waals surface area contributed by atoms with Gasteiger partial charge in [0.05, 0.1) is 0 Å². The summed E-state index contributed by atoms with van der Waals surface area (Å²) in [5.41, 5.74) is 7.31. The molecular formula is C13H15NO. The van der Waals surface area contributed by atoms with E-state index >= 15 is 0 Å². The molecule has 2 aromatic carbocycles. The standard InChI is InChI=1S/C7H8.C6H7NO/c1-7-5-3-2-4-6-7;7-5-1-3-6(8)4-2-5/h2-6H,1H3;1-4,8H,7H2. The third kappa shape index (κ3) is 4.72. The molecule has 2 aromatic rings. The molecule has 0 aromatic heterocycles. The molecule has 0 atom stereocenters. The van der Waals surface area contributed by atoms with Crippen LogP contribution in [0.25, 0.3) is 0 Å². The predicted molar refractivity (Wildman–Crippen MR) is 63.7 cm³/mol. The first kappa shape index (κ1) is 11.1. The van der Waals surface area contributed by atoms with Gasteiger partial charge in [-0.2, -0.15) is 0 Å². The van der Waals surface area contributed by atoms with Crippen LogP contribution in [0.15, 0.2) is 54.6 Å². The van der Waals surface area contributed by atoms with E-state index in [9.17, 15) is 0 Å². The number of nitrogen functional groups attached to an aromatic ring is 1. The number of phenols is 1. The summed E-state index contributed by atoms with van der Waals surface area (Å²) in [6, 6.07) is 16.7. The number of hydrogen-bond donors (Lipinski definition) is 2. The topological polar surface area (TPSA) is 46.2 Å². The van der Waals surface area contributed by atoms with Gasteiger partial charge >= 0.3 is 0 Å². The van der Waals surface area contributed by atoms with E-state index in [2.05, 4.69) is 19.1 Å². The lowest BCUT2D eigenvalue weighted by atomic mass is 10.2. The summed E-state index contributed by atoms with van der Waals surface area (Å²) in [7, 11) is 0. The van der Waals surface area contributed by atoms with Crippen molar-refractivity contribution in [3.63, 3.8) is 0 Å². The molecule has 2 rings (SSSR count). The molecule has 0 fully saturated rings. The number of nitrogens with two attached hydrogens (primary N) is 1. The fraction of sp³-hybridized carbons (Fsp3) is 0.0769. The average molecular weight is 201 g/mol. The maximum absolute atomic E-state index is 8.70. The van der Waals surface area contributed by atoms with E-state index < -0.39 is 0 Å². The van der Waals surface area contributed by atoms with E-state index in [0.29, 0.717) is 5.69 Å². The van der Waals surface area contributed by atoms with Gasteiger partial charge in [0.25, 0.3) is 0 Å². The molecule has 0 saturated heterocycles.